The van der Waals surface area contributed by atoms with Crippen LogP contribution in [-0.2, 0) is 4.79 Å². The number of allylic oxidation sites excluding steroid dienone is 1. The summed E-state index contributed by atoms with van der Waals surface area (Å²) in [6.45, 7) is -0.203. The molecule has 0 radical (unpaired) electrons. The molecule has 0 bridgehead atoms. The molecule has 0 aliphatic heterocycles. The van der Waals surface area contributed by atoms with Crippen molar-refractivity contribution < 1.29 is 18.7 Å². The highest BCUT2D eigenvalue weighted by atomic mass is 79.9. The topological polar surface area (TPSA) is 114 Å². The molecule has 1 N–H and O–H groups in total. The summed E-state index contributed by atoms with van der Waals surface area (Å²) >= 11 is 4.67. The molecular formula is C30H20BrN3O5S. The lowest BCUT2D eigenvalue weighted by Gasteiger charge is -2.11. The highest BCUT2D eigenvalue weighted by molar-refractivity contribution is 9.10. The zero-order valence-corrected chi connectivity index (χ0v) is 23.4. The summed E-state index contributed by atoms with van der Waals surface area (Å²) in [6, 6.07) is 23.5. The molecule has 1 amide bonds. The van der Waals surface area contributed by atoms with Crippen molar-refractivity contribution in [1.82, 2.24) is 4.98 Å². The average molecular weight is 614 g/mol. The molecule has 10 heteroatoms. The van der Waals surface area contributed by atoms with Crippen molar-refractivity contribution in [2.24, 2.45) is 0 Å². The van der Waals surface area contributed by atoms with E-state index in [1.807, 2.05) is 24.3 Å². The number of amides is 1. The van der Waals surface area contributed by atoms with E-state index in [1.165, 1.54) is 18.4 Å². The third-order valence-electron chi connectivity index (χ3n) is 5.74. The normalized spacial score (nSPS) is 11.2. The molecule has 2 aromatic heterocycles. The molecule has 0 saturated heterocycles. The number of halogens is 1. The summed E-state index contributed by atoms with van der Waals surface area (Å²) in [7, 11) is 1.49. The molecule has 0 fully saturated rings. The van der Waals surface area contributed by atoms with Gasteiger partial charge in [0.15, 0.2) is 18.1 Å². The number of thiazole rings is 1. The van der Waals surface area contributed by atoms with Gasteiger partial charge in [0.1, 0.15) is 16.7 Å². The Balaban J connectivity index is 1.34. The second-order valence-electron chi connectivity index (χ2n) is 8.45. The van der Waals surface area contributed by atoms with E-state index in [1.54, 1.807) is 60.0 Å². The van der Waals surface area contributed by atoms with E-state index >= 15 is 0 Å². The number of aromatic nitrogens is 1. The second kappa shape index (κ2) is 12.0. The lowest BCUT2D eigenvalue weighted by molar-refractivity contribution is -0.118. The fraction of sp³-hybridized carbons (Fsp3) is 0.0667. The molecule has 8 nitrogen and oxygen atoms in total. The number of nitrogens with zero attached hydrogens (tertiary/aromatic N) is 2. The third kappa shape index (κ3) is 6.12. The minimum atomic E-state index is -0.507. The number of carbonyl (C=O) groups is 1. The van der Waals surface area contributed by atoms with Crippen LogP contribution in [0.25, 0.3) is 33.9 Å². The smallest absolute Gasteiger partial charge is 0.345 e. The number of carbonyl (C=O) groups excluding carboxylic acids is 1. The third-order valence-corrected chi connectivity index (χ3v) is 7.11. The lowest BCUT2D eigenvalue weighted by atomic mass is 10.1. The van der Waals surface area contributed by atoms with Gasteiger partial charge < -0.3 is 19.2 Å². The van der Waals surface area contributed by atoms with Crippen LogP contribution >= 0.6 is 27.3 Å². The van der Waals surface area contributed by atoms with Crippen LogP contribution in [0, 0.1) is 11.3 Å². The SMILES string of the molecule is COc1cc(C=C(C#N)c2nc(-c3cc4cc(Br)ccc4oc3=O)cs2)ccc1OCC(=O)Nc1ccccc1. The van der Waals surface area contributed by atoms with Gasteiger partial charge in [-0.3, -0.25) is 4.79 Å². The lowest BCUT2D eigenvalue weighted by Crippen LogP contribution is -2.20. The molecule has 0 aliphatic carbocycles. The Labute approximate surface area is 241 Å². The summed E-state index contributed by atoms with van der Waals surface area (Å²) in [5.74, 6) is 0.475. The van der Waals surface area contributed by atoms with Gasteiger partial charge >= 0.3 is 5.63 Å². The predicted octanol–water partition coefficient (Wildman–Crippen LogP) is 6.77. The van der Waals surface area contributed by atoms with Crippen molar-refractivity contribution in [3.05, 3.63) is 104 Å². The minimum absolute atomic E-state index is 0.203. The summed E-state index contributed by atoms with van der Waals surface area (Å²) in [5, 5.41) is 15.5. The van der Waals surface area contributed by atoms with Crippen molar-refractivity contribution in [2.45, 2.75) is 0 Å². The number of benzene rings is 3. The van der Waals surface area contributed by atoms with E-state index in [4.69, 9.17) is 13.9 Å². The molecule has 0 atom stereocenters. The maximum atomic E-state index is 12.6. The van der Waals surface area contributed by atoms with Crippen LogP contribution in [0.15, 0.2) is 91.9 Å². The van der Waals surface area contributed by atoms with Gasteiger partial charge in [-0.25, -0.2) is 9.78 Å². The van der Waals surface area contributed by atoms with Crippen LogP contribution in [-0.4, -0.2) is 24.6 Å². The monoisotopic (exact) mass is 613 g/mol. The van der Waals surface area contributed by atoms with Gasteiger partial charge in [-0.2, -0.15) is 5.26 Å². The first-order valence-corrected chi connectivity index (χ1v) is 13.6. The number of ether oxygens (including phenoxy) is 2. The van der Waals surface area contributed by atoms with E-state index in [-0.39, 0.29) is 12.5 Å². The molecule has 3 aromatic carbocycles. The summed E-state index contributed by atoms with van der Waals surface area (Å²) in [5.41, 5.74) is 2.35. The number of nitriles is 1. The fourth-order valence-electron chi connectivity index (χ4n) is 3.86. The average Bonchev–Trinajstić information content (AvgIpc) is 3.45. The van der Waals surface area contributed by atoms with Crippen molar-refractivity contribution in [3.8, 4) is 28.8 Å². The van der Waals surface area contributed by atoms with E-state index in [0.717, 1.165) is 9.86 Å². The number of nitrogens with one attached hydrogen (secondary N) is 1. The first-order valence-electron chi connectivity index (χ1n) is 11.9. The Morgan fingerprint density at radius 2 is 1.95 bits per heavy atom. The predicted molar refractivity (Wildman–Crippen MR) is 158 cm³/mol. The van der Waals surface area contributed by atoms with Gasteiger partial charge in [-0.1, -0.05) is 40.2 Å². The Kier molecular flexibility index (Phi) is 8.05. The van der Waals surface area contributed by atoms with Gasteiger partial charge in [-0.15, -0.1) is 11.3 Å². The fourth-order valence-corrected chi connectivity index (χ4v) is 5.02. The van der Waals surface area contributed by atoms with Crippen LogP contribution in [0.4, 0.5) is 5.69 Å². The summed E-state index contributed by atoms with van der Waals surface area (Å²) in [4.78, 5) is 29.4. The van der Waals surface area contributed by atoms with E-state index in [9.17, 15) is 14.9 Å². The number of rotatable bonds is 8. The molecule has 0 spiro atoms. The maximum Gasteiger partial charge on any atom is 0.345 e. The van der Waals surface area contributed by atoms with Gasteiger partial charge in [0.05, 0.1) is 23.9 Å². The van der Waals surface area contributed by atoms with E-state index < -0.39 is 5.63 Å². The maximum absolute atomic E-state index is 12.6. The quantitative estimate of drug-likeness (QED) is 0.152. The highest BCUT2D eigenvalue weighted by Gasteiger charge is 2.15. The Hall–Kier alpha value is -4.72. The molecule has 2 heterocycles. The Morgan fingerprint density at radius 1 is 1.12 bits per heavy atom. The van der Waals surface area contributed by atoms with Gasteiger partial charge in [0.2, 0.25) is 0 Å². The number of hydrogen-bond donors (Lipinski definition) is 1. The van der Waals surface area contributed by atoms with Crippen molar-refractivity contribution in [2.75, 3.05) is 19.0 Å². The standard InChI is InChI=1S/C30H20BrN3O5S/c1-37-27-12-18(7-9-26(27)38-16-28(35)33-22-5-3-2-4-6-22)11-20(15-32)29-34-24(17-40-29)23-14-19-13-21(31)8-10-25(19)39-30(23)36/h2-14,17H,16H2,1H3,(H,33,35). The molecule has 0 saturated carbocycles. The molecule has 40 heavy (non-hydrogen) atoms. The zero-order chi connectivity index (χ0) is 28.1. The minimum Gasteiger partial charge on any atom is -0.493 e. The van der Waals surface area contributed by atoms with E-state index in [2.05, 4.69) is 32.3 Å². The molecular weight excluding hydrogens is 594 g/mol. The zero-order valence-electron chi connectivity index (χ0n) is 21.0. The number of anilines is 1. The molecule has 5 rings (SSSR count). The highest BCUT2D eigenvalue weighted by Crippen LogP contribution is 2.32. The molecule has 0 aliphatic rings. The van der Waals surface area contributed by atoms with E-state index in [0.29, 0.717) is 50.2 Å². The van der Waals surface area contributed by atoms with Crippen LogP contribution in [0.3, 0.4) is 0 Å². The second-order valence-corrected chi connectivity index (χ2v) is 10.2. The number of methoxy groups -OCH3 is 1. The number of para-hydroxylation sites is 1. The molecule has 198 valence electrons. The van der Waals surface area contributed by atoms with Crippen molar-refractivity contribution in [3.63, 3.8) is 0 Å². The first-order chi connectivity index (χ1) is 19.4. The summed E-state index contributed by atoms with van der Waals surface area (Å²) < 4.78 is 17.4. The molecule has 5 aromatic rings. The van der Waals surface area contributed by atoms with Gasteiger partial charge in [-0.05, 0) is 60.2 Å². The first kappa shape index (κ1) is 26.9. The Bertz CT molecular complexity index is 1840. The van der Waals surface area contributed by atoms with Crippen LogP contribution < -0.4 is 20.4 Å². The van der Waals surface area contributed by atoms with Crippen LogP contribution in [0.5, 0.6) is 11.5 Å². The number of hydrogen-bond acceptors (Lipinski definition) is 8. The van der Waals surface area contributed by atoms with Gasteiger partial charge in [0, 0.05) is 20.9 Å². The van der Waals surface area contributed by atoms with Crippen molar-refractivity contribution >= 4 is 61.5 Å². The van der Waals surface area contributed by atoms with Crippen molar-refractivity contribution in [1.29, 1.82) is 5.26 Å². The van der Waals surface area contributed by atoms with Gasteiger partial charge in [0.25, 0.3) is 5.91 Å². The van der Waals surface area contributed by atoms with Crippen LogP contribution in [0.1, 0.15) is 10.6 Å². The Morgan fingerprint density at radius 3 is 2.73 bits per heavy atom. The number of fused-ring (bicyclic) bond motifs is 1. The largest absolute Gasteiger partial charge is 0.493 e. The van der Waals surface area contributed by atoms with Crippen LogP contribution in [0.2, 0.25) is 0 Å². The molecule has 0 unspecified atom stereocenters. The summed E-state index contributed by atoms with van der Waals surface area (Å²) in [6.07, 6.45) is 1.66.